The van der Waals surface area contributed by atoms with Crippen LogP contribution in [0.2, 0.25) is 0 Å². The molecule has 6 heteroatoms. The molecule has 2 aromatic rings. The van der Waals surface area contributed by atoms with Crippen LogP contribution in [0.15, 0.2) is 22.1 Å². The molecule has 0 radical (unpaired) electrons. The number of imidazole rings is 1. The number of thiophene rings is 1. The van der Waals surface area contributed by atoms with Crippen molar-refractivity contribution in [3.05, 3.63) is 27.9 Å². The normalized spacial score (nSPS) is 10.4. The molecule has 0 spiro atoms. The Kier molecular flexibility index (Phi) is 3.40. The number of esters is 1. The number of aromatic nitrogens is 2. The van der Waals surface area contributed by atoms with Crippen molar-refractivity contribution in [3.8, 4) is 10.6 Å². The van der Waals surface area contributed by atoms with E-state index in [9.17, 15) is 4.79 Å². The molecule has 0 saturated heterocycles. The Morgan fingerprint density at radius 3 is 3.06 bits per heavy atom. The van der Waals surface area contributed by atoms with Gasteiger partial charge in [-0.25, -0.2) is 4.98 Å². The number of nitrogens with zero attached hydrogens (tertiary/aromatic N) is 1. The fourth-order valence-electron chi connectivity index (χ4n) is 1.25. The summed E-state index contributed by atoms with van der Waals surface area (Å²) < 4.78 is 5.63. The van der Waals surface area contributed by atoms with E-state index in [0.717, 1.165) is 14.4 Å². The van der Waals surface area contributed by atoms with Crippen LogP contribution in [0.25, 0.3) is 10.6 Å². The molecule has 0 unspecified atom stereocenters. The zero-order chi connectivity index (χ0) is 11.5. The third-order valence-corrected chi connectivity index (χ3v) is 3.66. The maximum atomic E-state index is 11.0. The predicted octanol–water partition coefficient (Wildman–Crippen LogP) is 2.62. The third kappa shape index (κ3) is 2.51. The number of carbonyl (C=O) groups is 1. The summed E-state index contributed by atoms with van der Waals surface area (Å²) in [5.41, 5.74) is 0.912. The van der Waals surface area contributed by atoms with E-state index in [4.69, 9.17) is 0 Å². The van der Waals surface area contributed by atoms with Crippen molar-refractivity contribution in [2.24, 2.45) is 0 Å². The zero-order valence-electron chi connectivity index (χ0n) is 8.49. The number of methoxy groups -OCH3 is 1. The van der Waals surface area contributed by atoms with Crippen molar-refractivity contribution < 1.29 is 9.53 Å². The Hall–Kier alpha value is -1.14. The van der Waals surface area contributed by atoms with Gasteiger partial charge in [-0.1, -0.05) is 0 Å². The Bertz CT molecular complexity index is 506. The van der Waals surface area contributed by atoms with Crippen LogP contribution in [-0.2, 0) is 16.0 Å². The SMILES string of the molecule is COC(=O)Cc1ncc(-c2ccc(Br)s2)[nH]1. The Morgan fingerprint density at radius 1 is 1.62 bits per heavy atom. The number of aromatic amines is 1. The number of carbonyl (C=O) groups excluding carboxylic acids is 1. The molecule has 0 aliphatic heterocycles. The maximum Gasteiger partial charge on any atom is 0.313 e. The van der Waals surface area contributed by atoms with Crippen molar-refractivity contribution in [1.82, 2.24) is 9.97 Å². The van der Waals surface area contributed by atoms with E-state index in [1.165, 1.54) is 7.11 Å². The van der Waals surface area contributed by atoms with Gasteiger partial charge in [0.05, 0.1) is 27.7 Å². The third-order valence-electron chi connectivity index (χ3n) is 2.01. The zero-order valence-corrected chi connectivity index (χ0v) is 10.9. The van der Waals surface area contributed by atoms with Crippen molar-refractivity contribution >= 4 is 33.2 Å². The smallest absolute Gasteiger partial charge is 0.313 e. The molecule has 0 aliphatic rings. The van der Waals surface area contributed by atoms with Gasteiger partial charge < -0.3 is 9.72 Å². The van der Waals surface area contributed by atoms with Gasteiger partial charge in [0, 0.05) is 0 Å². The summed E-state index contributed by atoms with van der Waals surface area (Å²) >= 11 is 5.01. The molecule has 0 bridgehead atoms. The second kappa shape index (κ2) is 4.80. The molecule has 16 heavy (non-hydrogen) atoms. The Balaban J connectivity index is 2.16. The number of halogens is 1. The first kappa shape index (κ1) is 11.3. The standard InChI is InChI=1S/C10H9BrN2O2S/c1-15-10(14)4-9-12-5-6(13-9)7-2-3-8(11)16-7/h2-3,5H,4H2,1H3,(H,12,13). The second-order valence-electron chi connectivity index (χ2n) is 3.10. The lowest BCUT2D eigenvalue weighted by molar-refractivity contribution is -0.139. The lowest BCUT2D eigenvalue weighted by atomic mass is 10.4. The minimum absolute atomic E-state index is 0.170. The summed E-state index contributed by atoms with van der Waals surface area (Å²) in [6.45, 7) is 0. The van der Waals surface area contributed by atoms with Gasteiger partial charge in [0.2, 0.25) is 0 Å². The summed E-state index contributed by atoms with van der Waals surface area (Å²) in [6.07, 6.45) is 1.89. The average molecular weight is 301 g/mol. The molecule has 2 rings (SSSR count). The van der Waals surface area contributed by atoms with E-state index in [-0.39, 0.29) is 12.4 Å². The number of ether oxygens (including phenoxy) is 1. The lowest BCUT2D eigenvalue weighted by Gasteiger charge is -1.94. The average Bonchev–Trinajstić information content (AvgIpc) is 2.87. The van der Waals surface area contributed by atoms with Crippen LogP contribution in [0, 0.1) is 0 Å². The molecule has 2 heterocycles. The molecule has 0 amide bonds. The fraction of sp³-hybridized carbons (Fsp3) is 0.200. The lowest BCUT2D eigenvalue weighted by Crippen LogP contribution is -2.05. The first-order valence-electron chi connectivity index (χ1n) is 4.55. The van der Waals surface area contributed by atoms with Gasteiger partial charge in [0.15, 0.2) is 0 Å². The highest BCUT2D eigenvalue weighted by molar-refractivity contribution is 9.11. The molecular weight excluding hydrogens is 292 g/mol. The molecule has 4 nitrogen and oxygen atoms in total. The summed E-state index contributed by atoms with van der Waals surface area (Å²) in [6, 6.07) is 3.96. The van der Waals surface area contributed by atoms with E-state index >= 15 is 0 Å². The van der Waals surface area contributed by atoms with E-state index in [1.807, 2.05) is 12.1 Å². The summed E-state index contributed by atoms with van der Waals surface area (Å²) in [5, 5.41) is 0. The molecule has 0 atom stereocenters. The van der Waals surface area contributed by atoms with Crippen LogP contribution in [-0.4, -0.2) is 23.0 Å². The highest BCUT2D eigenvalue weighted by atomic mass is 79.9. The van der Waals surface area contributed by atoms with Crippen LogP contribution >= 0.6 is 27.3 Å². The monoisotopic (exact) mass is 300 g/mol. The minimum Gasteiger partial charge on any atom is -0.469 e. The van der Waals surface area contributed by atoms with Crippen LogP contribution in [0.1, 0.15) is 5.82 Å². The highest BCUT2D eigenvalue weighted by Crippen LogP contribution is 2.29. The quantitative estimate of drug-likeness (QED) is 0.887. The molecule has 0 fully saturated rings. The van der Waals surface area contributed by atoms with Crippen molar-refractivity contribution in [2.45, 2.75) is 6.42 Å². The van der Waals surface area contributed by atoms with Gasteiger partial charge in [-0.3, -0.25) is 4.79 Å². The number of rotatable bonds is 3. The summed E-state index contributed by atoms with van der Waals surface area (Å²) in [4.78, 5) is 19.3. The van der Waals surface area contributed by atoms with Gasteiger partial charge in [-0.15, -0.1) is 11.3 Å². The van der Waals surface area contributed by atoms with Crippen LogP contribution in [0.5, 0.6) is 0 Å². The van der Waals surface area contributed by atoms with Gasteiger partial charge >= 0.3 is 5.97 Å². The molecule has 0 saturated carbocycles. The van der Waals surface area contributed by atoms with E-state index in [1.54, 1.807) is 17.5 Å². The summed E-state index contributed by atoms with van der Waals surface area (Å²) in [7, 11) is 1.36. The Morgan fingerprint density at radius 2 is 2.44 bits per heavy atom. The molecule has 84 valence electrons. The molecular formula is C10H9BrN2O2S. The molecule has 1 N–H and O–H groups in total. The van der Waals surface area contributed by atoms with Crippen molar-refractivity contribution in [1.29, 1.82) is 0 Å². The van der Waals surface area contributed by atoms with E-state index < -0.39 is 0 Å². The molecule has 0 aliphatic carbocycles. The van der Waals surface area contributed by atoms with Gasteiger partial charge in [0.25, 0.3) is 0 Å². The van der Waals surface area contributed by atoms with E-state index in [2.05, 4.69) is 30.6 Å². The molecule has 2 aromatic heterocycles. The first-order valence-corrected chi connectivity index (χ1v) is 6.16. The van der Waals surface area contributed by atoms with Crippen molar-refractivity contribution in [3.63, 3.8) is 0 Å². The van der Waals surface area contributed by atoms with Gasteiger partial charge in [-0.05, 0) is 28.1 Å². The van der Waals surface area contributed by atoms with Crippen LogP contribution in [0.4, 0.5) is 0 Å². The van der Waals surface area contributed by atoms with Gasteiger partial charge in [0.1, 0.15) is 12.2 Å². The number of H-pyrrole nitrogens is 1. The topological polar surface area (TPSA) is 55.0 Å². The fourth-order valence-corrected chi connectivity index (χ4v) is 2.60. The van der Waals surface area contributed by atoms with Crippen molar-refractivity contribution in [2.75, 3.05) is 7.11 Å². The number of hydrogen-bond acceptors (Lipinski definition) is 4. The predicted molar refractivity (Wildman–Crippen MR) is 65.3 cm³/mol. The summed E-state index contributed by atoms with van der Waals surface area (Å²) in [5.74, 6) is 0.319. The van der Waals surface area contributed by atoms with Gasteiger partial charge in [-0.2, -0.15) is 0 Å². The second-order valence-corrected chi connectivity index (χ2v) is 5.56. The van der Waals surface area contributed by atoms with Crippen LogP contribution < -0.4 is 0 Å². The first-order chi connectivity index (χ1) is 7.69. The Labute approximate surface area is 105 Å². The minimum atomic E-state index is -0.298. The maximum absolute atomic E-state index is 11.0. The number of nitrogens with one attached hydrogen (secondary N) is 1. The van der Waals surface area contributed by atoms with Crippen LogP contribution in [0.3, 0.4) is 0 Å². The number of hydrogen-bond donors (Lipinski definition) is 1. The highest BCUT2D eigenvalue weighted by Gasteiger charge is 2.09. The molecule has 0 aromatic carbocycles. The van der Waals surface area contributed by atoms with E-state index in [0.29, 0.717) is 5.82 Å². The largest absolute Gasteiger partial charge is 0.469 e.